The summed E-state index contributed by atoms with van der Waals surface area (Å²) in [5.74, 6) is -0.165. The van der Waals surface area contributed by atoms with Crippen LogP contribution >= 0.6 is 0 Å². The Kier molecular flexibility index (Phi) is 5.44. The highest BCUT2D eigenvalue weighted by Crippen LogP contribution is 2.13. The lowest BCUT2D eigenvalue weighted by molar-refractivity contribution is -0.126. The van der Waals surface area contributed by atoms with Crippen molar-refractivity contribution >= 4 is 11.9 Å². The highest BCUT2D eigenvalue weighted by Gasteiger charge is 2.28. The third kappa shape index (κ3) is 5.70. The van der Waals surface area contributed by atoms with Gasteiger partial charge in [-0.05, 0) is 34.6 Å². The van der Waals surface area contributed by atoms with Crippen LogP contribution in [0.25, 0.3) is 0 Å². The minimum atomic E-state index is -0.688. The molecular weight excluding hydrogens is 210 g/mol. The van der Waals surface area contributed by atoms with Gasteiger partial charge in [0.05, 0.1) is 18.8 Å². The van der Waals surface area contributed by atoms with E-state index in [0.29, 0.717) is 0 Å². The summed E-state index contributed by atoms with van der Waals surface area (Å²) in [6.45, 7) is 8.81. The summed E-state index contributed by atoms with van der Waals surface area (Å²) in [6.07, 6.45) is -1.04. The molecule has 0 aliphatic rings. The third-order valence-corrected chi connectivity index (χ3v) is 1.91. The molecule has 0 heterocycles. The molecule has 2 atom stereocenters. The zero-order valence-electron chi connectivity index (χ0n) is 10.8. The van der Waals surface area contributed by atoms with Crippen molar-refractivity contribution in [3.8, 4) is 0 Å². The van der Waals surface area contributed by atoms with E-state index in [9.17, 15) is 9.59 Å². The molecule has 1 amide bonds. The second-order valence-electron chi connectivity index (χ2n) is 4.66. The van der Waals surface area contributed by atoms with Crippen molar-refractivity contribution in [1.29, 1.82) is 0 Å². The highest BCUT2D eigenvalue weighted by molar-refractivity contribution is 5.85. The largest absolute Gasteiger partial charge is 0.453 e. The maximum Gasteiger partial charge on any atom is 0.407 e. The van der Waals surface area contributed by atoms with Crippen molar-refractivity contribution in [3.05, 3.63) is 0 Å². The molecule has 1 N–H and O–H groups in total. The second kappa shape index (κ2) is 5.84. The van der Waals surface area contributed by atoms with Gasteiger partial charge in [-0.25, -0.2) is 4.79 Å². The molecule has 0 aromatic heterocycles. The zero-order chi connectivity index (χ0) is 12.9. The molecule has 94 valence electrons. The first kappa shape index (κ1) is 14.9. The fourth-order valence-electron chi connectivity index (χ4n) is 1.36. The minimum absolute atomic E-state index is 0.165. The molecule has 5 heteroatoms. The minimum Gasteiger partial charge on any atom is -0.453 e. The Hall–Kier alpha value is -1.10. The van der Waals surface area contributed by atoms with Crippen molar-refractivity contribution in [1.82, 2.24) is 5.32 Å². The van der Waals surface area contributed by atoms with Crippen LogP contribution in [0.5, 0.6) is 0 Å². The first-order valence-electron chi connectivity index (χ1n) is 5.20. The van der Waals surface area contributed by atoms with Gasteiger partial charge in [-0.15, -0.1) is 0 Å². The molecule has 0 saturated heterocycles. The molecule has 0 unspecified atom stereocenters. The molecule has 0 rings (SSSR count). The van der Waals surface area contributed by atoms with Gasteiger partial charge in [-0.2, -0.15) is 0 Å². The molecule has 0 aromatic rings. The van der Waals surface area contributed by atoms with Crippen molar-refractivity contribution in [3.63, 3.8) is 0 Å². The van der Waals surface area contributed by atoms with Crippen LogP contribution in [0, 0.1) is 0 Å². The SMILES string of the molecule is COC(=O)N[C@H](C(C)=O)[C@@H](C)OC(C)(C)C. The molecule has 0 spiro atoms. The van der Waals surface area contributed by atoms with Gasteiger partial charge in [-0.3, -0.25) is 4.79 Å². The van der Waals surface area contributed by atoms with E-state index >= 15 is 0 Å². The first-order chi connectivity index (χ1) is 7.17. The van der Waals surface area contributed by atoms with E-state index in [-0.39, 0.29) is 11.4 Å². The van der Waals surface area contributed by atoms with E-state index in [1.54, 1.807) is 6.92 Å². The van der Waals surface area contributed by atoms with Crippen LogP contribution in [0.4, 0.5) is 4.79 Å². The summed E-state index contributed by atoms with van der Waals surface area (Å²) in [5, 5.41) is 2.45. The number of carbonyl (C=O) groups excluding carboxylic acids is 2. The molecule has 16 heavy (non-hydrogen) atoms. The summed E-state index contributed by atoms with van der Waals surface area (Å²) >= 11 is 0. The topological polar surface area (TPSA) is 64.6 Å². The molecule has 0 bridgehead atoms. The van der Waals surface area contributed by atoms with Gasteiger partial charge < -0.3 is 14.8 Å². The summed E-state index contributed by atoms with van der Waals surface area (Å²) < 4.78 is 10.1. The number of Topliss-reactive ketones (excluding diaryl/α,β-unsaturated/α-hetero) is 1. The van der Waals surface area contributed by atoms with E-state index in [1.165, 1.54) is 14.0 Å². The lowest BCUT2D eigenvalue weighted by Gasteiger charge is -2.29. The van der Waals surface area contributed by atoms with Crippen LogP contribution in [-0.2, 0) is 14.3 Å². The van der Waals surface area contributed by atoms with Gasteiger partial charge in [0.1, 0.15) is 6.04 Å². The Morgan fingerprint density at radius 2 is 1.75 bits per heavy atom. The number of carbonyl (C=O) groups is 2. The van der Waals surface area contributed by atoms with Gasteiger partial charge >= 0.3 is 6.09 Å². The molecule has 0 aliphatic carbocycles. The van der Waals surface area contributed by atoms with Crippen LogP contribution in [0.3, 0.4) is 0 Å². The van der Waals surface area contributed by atoms with Crippen LogP contribution in [0.15, 0.2) is 0 Å². The number of ether oxygens (including phenoxy) is 2. The molecular formula is C11H21NO4. The molecule has 0 aromatic carbocycles. The maximum absolute atomic E-state index is 11.4. The predicted octanol–water partition coefficient (Wildman–Crippen LogP) is 1.50. The van der Waals surface area contributed by atoms with E-state index in [4.69, 9.17) is 4.74 Å². The highest BCUT2D eigenvalue weighted by atomic mass is 16.5. The van der Waals surface area contributed by atoms with Gasteiger partial charge in [0.15, 0.2) is 5.78 Å². The van der Waals surface area contributed by atoms with Crippen LogP contribution < -0.4 is 5.32 Å². The number of hydrogen-bond donors (Lipinski definition) is 1. The smallest absolute Gasteiger partial charge is 0.407 e. The van der Waals surface area contributed by atoms with Gasteiger partial charge in [0.2, 0.25) is 0 Å². The number of ketones is 1. The van der Waals surface area contributed by atoms with Crippen molar-refractivity contribution in [2.45, 2.75) is 52.4 Å². The van der Waals surface area contributed by atoms with Crippen molar-refractivity contribution in [2.75, 3.05) is 7.11 Å². The molecule has 0 radical (unpaired) electrons. The fourth-order valence-corrected chi connectivity index (χ4v) is 1.36. The Morgan fingerprint density at radius 3 is 2.06 bits per heavy atom. The normalized spacial score (nSPS) is 15.1. The third-order valence-electron chi connectivity index (χ3n) is 1.91. The monoisotopic (exact) mass is 231 g/mol. The average Bonchev–Trinajstić information content (AvgIpc) is 2.09. The van der Waals surface area contributed by atoms with E-state index in [1.807, 2.05) is 20.8 Å². The summed E-state index contributed by atoms with van der Waals surface area (Å²) in [5.41, 5.74) is -0.370. The van der Waals surface area contributed by atoms with Crippen molar-refractivity contribution < 1.29 is 19.1 Å². The van der Waals surface area contributed by atoms with E-state index in [0.717, 1.165) is 0 Å². The quantitative estimate of drug-likeness (QED) is 0.796. The Morgan fingerprint density at radius 1 is 1.25 bits per heavy atom. The molecule has 5 nitrogen and oxygen atoms in total. The summed E-state index contributed by atoms with van der Waals surface area (Å²) in [4.78, 5) is 22.4. The maximum atomic E-state index is 11.4. The van der Waals surface area contributed by atoms with Crippen LogP contribution in [0.2, 0.25) is 0 Å². The number of alkyl carbamates (subject to hydrolysis) is 1. The number of nitrogens with one attached hydrogen (secondary N) is 1. The lowest BCUT2D eigenvalue weighted by atomic mass is 10.1. The Labute approximate surface area is 96.5 Å². The number of methoxy groups -OCH3 is 1. The fraction of sp³-hybridized carbons (Fsp3) is 0.818. The second-order valence-corrected chi connectivity index (χ2v) is 4.66. The molecule has 0 fully saturated rings. The standard InChI is InChI=1S/C11H21NO4/c1-7(13)9(12-10(14)15-6)8(2)16-11(3,4)5/h8-9H,1-6H3,(H,12,14)/t8-,9-/m1/s1. The van der Waals surface area contributed by atoms with Gasteiger partial charge in [-0.1, -0.05) is 0 Å². The van der Waals surface area contributed by atoms with Gasteiger partial charge in [0.25, 0.3) is 0 Å². The Balaban J connectivity index is 4.53. The van der Waals surface area contributed by atoms with Crippen molar-refractivity contribution in [2.24, 2.45) is 0 Å². The number of hydrogen-bond acceptors (Lipinski definition) is 4. The molecule has 0 aliphatic heterocycles. The summed E-state index contributed by atoms with van der Waals surface area (Å²) in [6, 6.07) is -0.688. The summed E-state index contributed by atoms with van der Waals surface area (Å²) in [7, 11) is 1.25. The van der Waals surface area contributed by atoms with E-state index in [2.05, 4.69) is 10.1 Å². The number of amides is 1. The lowest BCUT2D eigenvalue weighted by Crippen LogP contribution is -2.49. The molecule has 0 saturated carbocycles. The average molecular weight is 231 g/mol. The zero-order valence-corrected chi connectivity index (χ0v) is 10.8. The predicted molar refractivity (Wildman–Crippen MR) is 60.3 cm³/mol. The van der Waals surface area contributed by atoms with Crippen LogP contribution in [-0.4, -0.2) is 36.7 Å². The Bertz CT molecular complexity index is 257. The first-order valence-corrected chi connectivity index (χ1v) is 5.20. The number of rotatable bonds is 4. The van der Waals surface area contributed by atoms with Crippen LogP contribution in [0.1, 0.15) is 34.6 Å². The van der Waals surface area contributed by atoms with Gasteiger partial charge in [0, 0.05) is 0 Å². The van der Waals surface area contributed by atoms with E-state index < -0.39 is 18.2 Å².